The second-order valence-corrected chi connectivity index (χ2v) is 5.77. The molecule has 0 saturated heterocycles. The van der Waals surface area contributed by atoms with E-state index < -0.39 is 0 Å². The molecule has 1 rings (SSSR count). The number of primary amides is 1. The SMILES string of the molecule is CC(C)(C)NC(=O)NCCOc1cccc(CC(N)=O)c1. The minimum Gasteiger partial charge on any atom is -0.492 e. The normalized spacial score (nSPS) is 10.8. The molecule has 1 aromatic carbocycles. The summed E-state index contributed by atoms with van der Waals surface area (Å²) in [7, 11) is 0. The lowest BCUT2D eigenvalue weighted by atomic mass is 10.1. The van der Waals surface area contributed by atoms with E-state index in [4.69, 9.17) is 10.5 Å². The Morgan fingerprint density at radius 3 is 2.62 bits per heavy atom. The van der Waals surface area contributed by atoms with Crippen molar-refractivity contribution in [2.24, 2.45) is 5.73 Å². The van der Waals surface area contributed by atoms with E-state index in [0.717, 1.165) is 5.56 Å². The molecule has 0 aliphatic carbocycles. The van der Waals surface area contributed by atoms with Crippen LogP contribution in [0.15, 0.2) is 24.3 Å². The van der Waals surface area contributed by atoms with Gasteiger partial charge in [-0.05, 0) is 38.5 Å². The lowest BCUT2D eigenvalue weighted by molar-refractivity contribution is -0.117. The standard InChI is InChI=1S/C15H23N3O3/c1-15(2,3)18-14(20)17-7-8-21-12-6-4-5-11(9-12)10-13(16)19/h4-6,9H,7-8,10H2,1-3H3,(H2,16,19)(H2,17,18,20). The van der Waals surface area contributed by atoms with Gasteiger partial charge in [-0.3, -0.25) is 4.79 Å². The molecule has 0 saturated carbocycles. The summed E-state index contributed by atoms with van der Waals surface area (Å²) in [4.78, 5) is 22.4. The number of rotatable bonds is 6. The molecule has 6 heteroatoms. The van der Waals surface area contributed by atoms with Crippen molar-refractivity contribution in [2.45, 2.75) is 32.7 Å². The van der Waals surface area contributed by atoms with Gasteiger partial charge in [0, 0.05) is 5.54 Å². The van der Waals surface area contributed by atoms with Crippen molar-refractivity contribution in [3.8, 4) is 5.75 Å². The van der Waals surface area contributed by atoms with Crippen molar-refractivity contribution in [3.63, 3.8) is 0 Å². The van der Waals surface area contributed by atoms with E-state index in [2.05, 4.69) is 10.6 Å². The monoisotopic (exact) mass is 293 g/mol. The van der Waals surface area contributed by atoms with Gasteiger partial charge in [-0.15, -0.1) is 0 Å². The third kappa shape index (κ3) is 7.81. The number of hydrogen-bond donors (Lipinski definition) is 3. The predicted octanol–water partition coefficient (Wildman–Crippen LogP) is 1.19. The zero-order chi connectivity index (χ0) is 15.9. The molecule has 116 valence electrons. The number of ether oxygens (including phenoxy) is 1. The summed E-state index contributed by atoms with van der Waals surface area (Å²) in [5.74, 6) is 0.263. The minimum atomic E-state index is -0.382. The zero-order valence-electron chi connectivity index (χ0n) is 12.7. The van der Waals surface area contributed by atoms with Crippen LogP contribution in [0.5, 0.6) is 5.75 Å². The average molecular weight is 293 g/mol. The summed E-state index contributed by atoms with van der Waals surface area (Å²) < 4.78 is 5.51. The molecule has 4 N–H and O–H groups in total. The fourth-order valence-corrected chi connectivity index (χ4v) is 1.66. The van der Waals surface area contributed by atoms with E-state index in [1.165, 1.54) is 0 Å². The molecule has 0 heterocycles. The number of benzene rings is 1. The number of urea groups is 1. The fraction of sp³-hybridized carbons (Fsp3) is 0.467. The average Bonchev–Trinajstić information content (AvgIpc) is 2.32. The van der Waals surface area contributed by atoms with Crippen LogP contribution < -0.4 is 21.1 Å². The van der Waals surface area contributed by atoms with Gasteiger partial charge in [-0.1, -0.05) is 12.1 Å². The number of carbonyl (C=O) groups is 2. The Morgan fingerprint density at radius 1 is 1.29 bits per heavy atom. The van der Waals surface area contributed by atoms with E-state index >= 15 is 0 Å². The second kappa shape index (κ2) is 7.52. The Hall–Kier alpha value is -2.24. The van der Waals surface area contributed by atoms with Crippen molar-refractivity contribution < 1.29 is 14.3 Å². The van der Waals surface area contributed by atoms with E-state index in [1.807, 2.05) is 26.8 Å². The van der Waals surface area contributed by atoms with Crippen molar-refractivity contribution in [1.82, 2.24) is 10.6 Å². The van der Waals surface area contributed by atoms with Crippen molar-refractivity contribution in [3.05, 3.63) is 29.8 Å². The highest BCUT2D eigenvalue weighted by Gasteiger charge is 2.12. The molecule has 21 heavy (non-hydrogen) atoms. The first-order valence-electron chi connectivity index (χ1n) is 6.82. The molecule has 6 nitrogen and oxygen atoms in total. The topological polar surface area (TPSA) is 93.4 Å². The molecule has 0 spiro atoms. The number of amides is 3. The zero-order valence-corrected chi connectivity index (χ0v) is 12.7. The van der Waals surface area contributed by atoms with Crippen LogP contribution in [0, 0.1) is 0 Å². The molecular formula is C15H23N3O3. The number of carbonyl (C=O) groups excluding carboxylic acids is 2. The third-order valence-corrected chi connectivity index (χ3v) is 2.42. The molecule has 0 aromatic heterocycles. The van der Waals surface area contributed by atoms with Crippen molar-refractivity contribution in [1.29, 1.82) is 0 Å². The van der Waals surface area contributed by atoms with Gasteiger partial charge in [0.15, 0.2) is 0 Å². The highest BCUT2D eigenvalue weighted by molar-refractivity contribution is 5.76. The number of nitrogens with two attached hydrogens (primary N) is 1. The Morgan fingerprint density at radius 2 is 2.00 bits per heavy atom. The molecule has 0 radical (unpaired) electrons. The van der Waals surface area contributed by atoms with Gasteiger partial charge in [0.2, 0.25) is 5.91 Å². The summed E-state index contributed by atoms with van der Waals surface area (Å²) in [6, 6.07) is 6.94. The van der Waals surface area contributed by atoms with Gasteiger partial charge in [-0.2, -0.15) is 0 Å². The predicted molar refractivity (Wildman–Crippen MR) is 81.1 cm³/mol. The lowest BCUT2D eigenvalue weighted by Crippen LogP contribution is -2.47. The molecule has 0 aliphatic heterocycles. The van der Waals surface area contributed by atoms with E-state index in [9.17, 15) is 9.59 Å². The summed E-state index contributed by atoms with van der Waals surface area (Å²) in [5.41, 5.74) is 5.68. The summed E-state index contributed by atoms with van der Waals surface area (Å²) in [6.07, 6.45) is 0.184. The second-order valence-electron chi connectivity index (χ2n) is 5.77. The Balaban J connectivity index is 2.33. The van der Waals surface area contributed by atoms with E-state index in [1.54, 1.807) is 18.2 Å². The van der Waals surface area contributed by atoms with Crippen molar-refractivity contribution in [2.75, 3.05) is 13.2 Å². The molecule has 0 bridgehead atoms. The molecular weight excluding hydrogens is 270 g/mol. The Kier molecular flexibility index (Phi) is 6.02. The highest BCUT2D eigenvalue weighted by atomic mass is 16.5. The summed E-state index contributed by atoms with van der Waals surface area (Å²) in [5, 5.41) is 5.50. The highest BCUT2D eigenvalue weighted by Crippen LogP contribution is 2.13. The van der Waals surface area contributed by atoms with E-state index in [-0.39, 0.29) is 23.9 Å². The van der Waals surface area contributed by atoms with Gasteiger partial charge in [0.25, 0.3) is 0 Å². The van der Waals surface area contributed by atoms with Crippen LogP contribution in [0.25, 0.3) is 0 Å². The smallest absolute Gasteiger partial charge is 0.315 e. The first-order valence-corrected chi connectivity index (χ1v) is 6.82. The molecule has 0 unspecified atom stereocenters. The van der Waals surface area contributed by atoms with Crippen molar-refractivity contribution >= 4 is 11.9 Å². The lowest BCUT2D eigenvalue weighted by Gasteiger charge is -2.20. The Bertz CT molecular complexity index is 495. The first kappa shape index (κ1) is 16.8. The molecule has 3 amide bonds. The summed E-state index contributed by atoms with van der Waals surface area (Å²) >= 11 is 0. The molecule has 0 aliphatic rings. The van der Waals surface area contributed by atoms with E-state index in [0.29, 0.717) is 18.9 Å². The maximum Gasteiger partial charge on any atom is 0.315 e. The van der Waals surface area contributed by atoms with Crippen LogP contribution in [0.2, 0.25) is 0 Å². The maximum atomic E-state index is 11.5. The molecule has 0 atom stereocenters. The van der Waals surface area contributed by atoms with Crippen LogP contribution in [0.1, 0.15) is 26.3 Å². The molecule has 0 fully saturated rings. The van der Waals surface area contributed by atoms with Gasteiger partial charge in [-0.25, -0.2) is 4.79 Å². The maximum absolute atomic E-state index is 11.5. The Labute approximate surface area is 125 Å². The van der Waals surface area contributed by atoms with Gasteiger partial charge in [0.1, 0.15) is 12.4 Å². The van der Waals surface area contributed by atoms with Crippen LogP contribution in [0.4, 0.5) is 4.79 Å². The summed E-state index contributed by atoms with van der Waals surface area (Å²) in [6.45, 7) is 6.47. The van der Waals surface area contributed by atoms with Crippen LogP contribution in [-0.4, -0.2) is 30.6 Å². The van der Waals surface area contributed by atoms with Gasteiger partial charge in [0.05, 0.1) is 13.0 Å². The number of hydrogen-bond acceptors (Lipinski definition) is 3. The quantitative estimate of drug-likeness (QED) is 0.688. The largest absolute Gasteiger partial charge is 0.492 e. The van der Waals surface area contributed by atoms with Gasteiger partial charge >= 0.3 is 6.03 Å². The van der Waals surface area contributed by atoms with Crippen LogP contribution >= 0.6 is 0 Å². The number of nitrogens with one attached hydrogen (secondary N) is 2. The molecule has 1 aromatic rings. The first-order chi connectivity index (χ1) is 9.76. The fourth-order valence-electron chi connectivity index (χ4n) is 1.66. The minimum absolute atomic E-state index is 0.184. The third-order valence-electron chi connectivity index (χ3n) is 2.42. The van der Waals surface area contributed by atoms with Gasteiger partial charge < -0.3 is 21.1 Å². The van der Waals surface area contributed by atoms with Crippen LogP contribution in [-0.2, 0) is 11.2 Å². The van der Waals surface area contributed by atoms with Crippen LogP contribution in [0.3, 0.4) is 0 Å².